The normalized spacial score (nSPS) is 31.8. The third-order valence-electron chi connectivity index (χ3n) is 6.06. The Morgan fingerprint density at radius 3 is 2.55 bits per heavy atom. The van der Waals surface area contributed by atoms with Crippen molar-refractivity contribution < 1.29 is 29.9 Å². The van der Waals surface area contributed by atoms with Crippen molar-refractivity contribution in [3.63, 3.8) is 0 Å². The van der Waals surface area contributed by atoms with Gasteiger partial charge in [-0.3, -0.25) is 0 Å². The summed E-state index contributed by atoms with van der Waals surface area (Å²) >= 11 is 0. The number of aliphatic hydroxyl groups is 4. The summed E-state index contributed by atoms with van der Waals surface area (Å²) in [5.41, 5.74) is 4.20. The molecule has 2 aromatic rings. The van der Waals surface area contributed by atoms with Crippen LogP contribution in [0.15, 0.2) is 42.5 Å². The molecule has 1 saturated heterocycles. The number of aliphatic hydroxyl groups excluding tert-OH is 4. The summed E-state index contributed by atoms with van der Waals surface area (Å²) in [6, 6.07) is 14.2. The van der Waals surface area contributed by atoms with Crippen LogP contribution in [-0.4, -0.2) is 58.1 Å². The van der Waals surface area contributed by atoms with Crippen molar-refractivity contribution in [1.29, 1.82) is 0 Å². The van der Waals surface area contributed by atoms with Gasteiger partial charge in [0.25, 0.3) is 0 Å². The fourth-order valence-electron chi connectivity index (χ4n) is 4.34. The smallest absolute Gasteiger partial charge is 0.123 e. The Kier molecular flexibility index (Phi) is 5.90. The van der Waals surface area contributed by atoms with Gasteiger partial charge in [-0.2, -0.15) is 0 Å². The zero-order valence-corrected chi connectivity index (χ0v) is 16.4. The summed E-state index contributed by atoms with van der Waals surface area (Å²) in [5.74, 6) is 0.964. The van der Waals surface area contributed by atoms with Crippen LogP contribution in [0.3, 0.4) is 0 Å². The van der Waals surface area contributed by atoms with Crippen LogP contribution in [0.25, 0.3) is 0 Å². The molecule has 2 aliphatic rings. The van der Waals surface area contributed by atoms with Crippen molar-refractivity contribution >= 4 is 0 Å². The Bertz CT molecular complexity index is 851. The fraction of sp³-hybridized carbons (Fsp3) is 0.478. The number of rotatable bonds is 4. The van der Waals surface area contributed by atoms with E-state index in [9.17, 15) is 20.4 Å². The van der Waals surface area contributed by atoms with E-state index in [1.54, 1.807) is 6.07 Å². The van der Waals surface area contributed by atoms with Crippen LogP contribution in [0.2, 0.25) is 0 Å². The highest BCUT2D eigenvalue weighted by Gasteiger charge is 2.44. The first-order chi connectivity index (χ1) is 14.0. The van der Waals surface area contributed by atoms with E-state index < -0.39 is 37.1 Å². The van der Waals surface area contributed by atoms with Gasteiger partial charge in [-0.1, -0.05) is 37.3 Å². The molecule has 0 amide bonds. The molecule has 2 aromatic carbocycles. The standard InChI is InChI=1S/C23H28O6/c1-2-13-4-3-5-14(10-13)16-8-9-28-18-7-6-15(11-17(16)18)23-22(27)21(26)20(25)19(12-24)29-23/h3-7,10-11,16,19-27H,2,8-9,12H2,1H3/t16?,19-,20-,21+,22?,23+/m1/s1. The second kappa shape index (κ2) is 8.42. The number of aryl methyl sites for hydroxylation is 1. The van der Waals surface area contributed by atoms with E-state index in [1.807, 2.05) is 12.1 Å². The molecule has 2 heterocycles. The van der Waals surface area contributed by atoms with Gasteiger partial charge in [-0.15, -0.1) is 0 Å². The second-order valence-corrected chi connectivity index (χ2v) is 7.84. The molecular formula is C23H28O6. The molecule has 6 atom stereocenters. The summed E-state index contributed by atoms with van der Waals surface area (Å²) in [7, 11) is 0. The minimum Gasteiger partial charge on any atom is -0.493 e. The molecule has 1 fully saturated rings. The van der Waals surface area contributed by atoms with Crippen molar-refractivity contribution in [3.05, 3.63) is 64.7 Å². The maximum atomic E-state index is 10.5. The zero-order valence-electron chi connectivity index (χ0n) is 16.4. The molecule has 4 rings (SSSR count). The van der Waals surface area contributed by atoms with Gasteiger partial charge in [-0.05, 0) is 41.7 Å². The number of ether oxygens (including phenoxy) is 2. The van der Waals surface area contributed by atoms with Crippen molar-refractivity contribution in [2.45, 2.75) is 56.2 Å². The number of fused-ring (bicyclic) bond motifs is 1. The predicted molar refractivity (Wildman–Crippen MR) is 107 cm³/mol. The van der Waals surface area contributed by atoms with Crippen LogP contribution in [0.4, 0.5) is 0 Å². The molecule has 4 N–H and O–H groups in total. The topological polar surface area (TPSA) is 99.4 Å². The van der Waals surface area contributed by atoms with Gasteiger partial charge >= 0.3 is 0 Å². The molecular weight excluding hydrogens is 372 g/mol. The molecule has 0 radical (unpaired) electrons. The van der Waals surface area contributed by atoms with Gasteiger partial charge in [0.05, 0.1) is 13.2 Å². The monoisotopic (exact) mass is 400 g/mol. The van der Waals surface area contributed by atoms with E-state index in [0.29, 0.717) is 12.2 Å². The first-order valence-corrected chi connectivity index (χ1v) is 10.2. The minimum atomic E-state index is -1.39. The lowest BCUT2D eigenvalue weighted by molar-refractivity contribution is -0.231. The number of hydrogen-bond acceptors (Lipinski definition) is 6. The lowest BCUT2D eigenvalue weighted by Gasteiger charge is -2.40. The molecule has 156 valence electrons. The van der Waals surface area contributed by atoms with Crippen molar-refractivity contribution in [2.75, 3.05) is 13.2 Å². The quantitative estimate of drug-likeness (QED) is 0.623. The van der Waals surface area contributed by atoms with E-state index in [1.165, 1.54) is 11.1 Å². The molecule has 0 saturated carbocycles. The molecule has 6 heteroatoms. The van der Waals surface area contributed by atoms with E-state index in [0.717, 1.165) is 24.2 Å². The lowest BCUT2D eigenvalue weighted by atomic mass is 9.83. The molecule has 0 aromatic heterocycles. The maximum absolute atomic E-state index is 10.5. The van der Waals surface area contributed by atoms with E-state index >= 15 is 0 Å². The largest absolute Gasteiger partial charge is 0.493 e. The minimum absolute atomic E-state index is 0.162. The Balaban J connectivity index is 1.70. The fourth-order valence-corrected chi connectivity index (χ4v) is 4.34. The van der Waals surface area contributed by atoms with Crippen molar-refractivity contribution in [2.24, 2.45) is 0 Å². The Morgan fingerprint density at radius 2 is 1.79 bits per heavy atom. The summed E-state index contributed by atoms with van der Waals surface area (Å²) in [6.07, 6.45) is -4.01. The Labute approximate surface area is 170 Å². The van der Waals surface area contributed by atoms with Crippen LogP contribution < -0.4 is 4.74 Å². The molecule has 0 spiro atoms. The summed E-state index contributed by atoms with van der Waals surface area (Å²) in [6.45, 7) is 2.32. The van der Waals surface area contributed by atoms with Gasteiger partial charge < -0.3 is 29.9 Å². The average molecular weight is 400 g/mol. The van der Waals surface area contributed by atoms with Crippen LogP contribution in [0, 0.1) is 0 Å². The first kappa shape index (κ1) is 20.3. The van der Waals surface area contributed by atoms with Gasteiger partial charge in [0.15, 0.2) is 0 Å². The van der Waals surface area contributed by atoms with Crippen LogP contribution >= 0.6 is 0 Å². The highest BCUT2D eigenvalue weighted by molar-refractivity contribution is 5.47. The van der Waals surface area contributed by atoms with Gasteiger partial charge in [0.1, 0.15) is 36.3 Å². The molecule has 29 heavy (non-hydrogen) atoms. The van der Waals surface area contributed by atoms with Crippen LogP contribution in [0.1, 0.15) is 47.6 Å². The third-order valence-corrected chi connectivity index (χ3v) is 6.06. The van der Waals surface area contributed by atoms with E-state index in [4.69, 9.17) is 9.47 Å². The highest BCUT2D eigenvalue weighted by atomic mass is 16.5. The van der Waals surface area contributed by atoms with E-state index in [-0.39, 0.29) is 5.92 Å². The van der Waals surface area contributed by atoms with Crippen molar-refractivity contribution in [1.82, 2.24) is 0 Å². The predicted octanol–water partition coefficient (Wildman–Crippen LogP) is 1.68. The van der Waals surface area contributed by atoms with E-state index in [2.05, 4.69) is 31.2 Å². The van der Waals surface area contributed by atoms with Crippen LogP contribution in [0.5, 0.6) is 5.75 Å². The average Bonchev–Trinajstić information content (AvgIpc) is 2.77. The Hall–Kier alpha value is -1.96. The van der Waals surface area contributed by atoms with Gasteiger partial charge in [0.2, 0.25) is 0 Å². The summed E-state index contributed by atoms with van der Waals surface area (Å²) in [5, 5.41) is 40.1. The molecule has 6 nitrogen and oxygen atoms in total. The van der Waals surface area contributed by atoms with Gasteiger partial charge in [-0.25, -0.2) is 0 Å². The molecule has 2 aliphatic heterocycles. The lowest BCUT2D eigenvalue weighted by Crippen LogP contribution is -2.55. The highest BCUT2D eigenvalue weighted by Crippen LogP contribution is 2.41. The van der Waals surface area contributed by atoms with Crippen LogP contribution in [-0.2, 0) is 11.2 Å². The maximum Gasteiger partial charge on any atom is 0.123 e. The summed E-state index contributed by atoms with van der Waals surface area (Å²) < 4.78 is 11.6. The second-order valence-electron chi connectivity index (χ2n) is 7.84. The number of benzene rings is 2. The summed E-state index contributed by atoms with van der Waals surface area (Å²) in [4.78, 5) is 0. The van der Waals surface area contributed by atoms with Gasteiger partial charge in [0, 0.05) is 11.5 Å². The zero-order chi connectivity index (χ0) is 20.5. The first-order valence-electron chi connectivity index (χ1n) is 10.2. The Morgan fingerprint density at radius 1 is 0.966 bits per heavy atom. The van der Waals surface area contributed by atoms with Crippen molar-refractivity contribution in [3.8, 4) is 5.75 Å². The molecule has 0 bridgehead atoms. The SMILES string of the molecule is CCc1cccc(C2CCOc3ccc([C@@H]4O[C@H](CO)[C@@H](O)[C@H](O)C4O)cc32)c1. The third kappa shape index (κ3) is 3.79. The number of hydrogen-bond donors (Lipinski definition) is 4. The molecule has 2 unspecified atom stereocenters. The molecule has 0 aliphatic carbocycles.